The fraction of sp³-hybridized carbons (Fsp3) is 0.435. The van der Waals surface area contributed by atoms with Gasteiger partial charge in [0.1, 0.15) is 0 Å². The van der Waals surface area contributed by atoms with Crippen molar-refractivity contribution >= 4 is 27.4 Å². The molecular formula is C23H32N2O4S. The summed E-state index contributed by atoms with van der Waals surface area (Å²) in [6.45, 7) is 11.7. The van der Waals surface area contributed by atoms with Crippen molar-refractivity contribution in [1.82, 2.24) is 0 Å². The number of carbonyl (C=O) groups is 1. The highest BCUT2D eigenvalue weighted by atomic mass is 32.2. The van der Waals surface area contributed by atoms with Gasteiger partial charge in [-0.3, -0.25) is 4.72 Å². The smallest absolute Gasteiger partial charge is 0.337 e. The van der Waals surface area contributed by atoms with E-state index in [-0.39, 0.29) is 21.6 Å². The molecule has 0 saturated heterocycles. The molecule has 0 aromatic heterocycles. The van der Waals surface area contributed by atoms with Crippen molar-refractivity contribution < 1.29 is 18.3 Å². The normalized spacial score (nSPS) is 11.9. The molecule has 0 heterocycles. The first-order valence-corrected chi connectivity index (χ1v) is 11.7. The lowest BCUT2D eigenvalue weighted by atomic mass is 9.87. The number of rotatable bonds is 9. The number of hydrogen-bond donors (Lipinski definition) is 2. The summed E-state index contributed by atoms with van der Waals surface area (Å²) in [6.07, 6.45) is 1.77. The zero-order valence-corrected chi connectivity index (χ0v) is 19.2. The number of nitrogens with zero attached hydrogens (tertiary/aromatic N) is 1. The van der Waals surface area contributed by atoms with E-state index in [0.717, 1.165) is 31.5 Å². The molecule has 2 aromatic rings. The molecule has 0 radical (unpaired) electrons. The van der Waals surface area contributed by atoms with Crippen LogP contribution in [0.25, 0.3) is 0 Å². The largest absolute Gasteiger partial charge is 0.478 e. The van der Waals surface area contributed by atoms with Gasteiger partial charge in [-0.2, -0.15) is 0 Å². The summed E-state index contributed by atoms with van der Waals surface area (Å²) >= 11 is 0. The van der Waals surface area contributed by atoms with E-state index in [9.17, 15) is 18.3 Å². The Morgan fingerprint density at radius 3 is 2.03 bits per heavy atom. The topological polar surface area (TPSA) is 86.7 Å². The van der Waals surface area contributed by atoms with Crippen molar-refractivity contribution in [3.8, 4) is 0 Å². The second-order valence-corrected chi connectivity index (χ2v) is 10.1. The van der Waals surface area contributed by atoms with Crippen molar-refractivity contribution in [3.63, 3.8) is 0 Å². The van der Waals surface area contributed by atoms with Crippen LogP contribution in [0.3, 0.4) is 0 Å². The number of aromatic carboxylic acids is 1. The summed E-state index contributed by atoms with van der Waals surface area (Å²) in [4.78, 5) is 14.0. The molecule has 0 atom stereocenters. The number of sulfonamides is 1. The molecule has 6 nitrogen and oxygen atoms in total. The number of anilines is 2. The van der Waals surface area contributed by atoms with E-state index < -0.39 is 16.0 Å². The summed E-state index contributed by atoms with van der Waals surface area (Å²) in [5, 5.41) is 9.69. The van der Waals surface area contributed by atoms with Crippen molar-refractivity contribution in [3.05, 3.63) is 53.6 Å². The average Bonchev–Trinajstić information content (AvgIpc) is 2.67. The molecule has 0 aliphatic heterocycles. The minimum atomic E-state index is -3.83. The van der Waals surface area contributed by atoms with Gasteiger partial charge in [-0.1, -0.05) is 46.8 Å². The SMILES string of the molecule is CCCN(CCC)c1ccc(NS(=O)(=O)c2ccc(C(C)(C)C)cc2)cc1C(=O)O. The number of carboxylic acid groups (broad SMARTS) is 1. The van der Waals surface area contributed by atoms with Crippen molar-refractivity contribution in [2.45, 2.75) is 57.8 Å². The van der Waals surface area contributed by atoms with Gasteiger partial charge >= 0.3 is 5.97 Å². The average molecular weight is 433 g/mol. The molecule has 164 valence electrons. The molecule has 0 amide bonds. The first kappa shape index (κ1) is 23.7. The lowest BCUT2D eigenvalue weighted by Gasteiger charge is -2.25. The fourth-order valence-electron chi connectivity index (χ4n) is 3.29. The van der Waals surface area contributed by atoms with Gasteiger partial charge < -0.3 is 10.0 Å². The van der Waals surface area contributed by atoms with Crippen molar-refractivity contribution in [2.24, 2.45) is 0 Å². The van der Waals surface area contributed by atoms with Crippen LogP contribution in [0, 0.1) is 0 Å². The minimum absolute atomic E-state index is 0.0786. The molecule has 0 fully saturated rings. The van der Waals surface area contributed by atoms with E-state index >= 15 is 0 Å². The van der Waals surface area contributed by atoms with Gasteiger partial charge in [0.2, 0.25) is 0 Å². The van der Waals surface area contributed by atoms with Gasteiger partial charge in [-0.05, 0) is 54.2 Å². The van der Waals surface area contributed by atoms with Crippen LogP contribution in [0.15, 0.2) is 47.4 Å². The Hall–Kier alpha value is -2.54. The fourth-order valence-corrected chi connectivity index (χ4v) is 4.34. The summed E-state index contributed by atoms with van der Waals surface area (Å²) in [5.74, 6) is -1.09. The van der Waals surface area contributed by atoms with Crippen LogP contribution in [0.5, 0.6) is 0 Å². The molecule has 2 rings (SSSR count). The van der Waals surface area contributed by atoms with E-state index in [2.05, 4.69) is 25.5 Å². The maximum absolute atomic E-state index is 12.8. The lowest BCUT2D eigenvalue weighted by molar-refractivity contribution is 0.0697. The zero-order valence-electron chi connectivity index (χ0n) is 18.4. The van der Waals surface area contributed by atoms with Crippen molar-refractivity contribution in [1.29, 1.82) is 0 Å². The third-order valence-corrected chi connectivity index (χ3v) is 6.23. The second-order valence-electron chi connectivity index (χ2n) is 8.40. The van der Waals surface area contributed by atoms with Crippen LogP contribution >= 0.6 is 0 Å². The molecular weight excluding hydrogens is 400 g/mol. The van der Waals surface area contributed by atoms with E-state index in [4.69, 9.17) is 0 Å². The summed E-state index contributed by atoms with van der Waals surface area (Å²) in [6, 6.07) is 11.4. The molecule has 2 aromatic carbocycles. The van der Waals surface area contributed by atoms with E-state index in [1.165, 1.54) is 6.07 Å². The molecule has 7 heteroatoms. The second kappa shape index (κ2) is 9.51. The van der Waals surface area contributed by atoms with Crippen LogP contribution in [0.1, 0.15) is 63.4 Å². The van der Waals surface area contributed by atoms with Gasteiger partial charge in [-0.25, -0.2) is 13.2 Å². The third-order valence-electron chi connectivity index (χ3n) is 4.84. The Balaban J connectivity index is 2.35. The van der Waals surface area contributed by atoms with Crippen LogP contribution in [-0.4, -0.2) is 32.6 Å². The Bertz CT molecular complexity index is 971. The predicted octanol–water partition coefficient (Wildman–Crippen LogP) is 5.11. The minimum Gasteiger partial charge on any atom is -0.478 e. The van der Waals surface area contributed by atoms with Crippen LogP contribution in [0.4, 0.5) is 11.4 Å². The highest BCUT2D eigenvalue weighted by Crippen LogP contribution is 2.28. The summed E-state index contributed by atoms with van der Waals surface area (Å²) in [7, 11) is -3.83. The van der Waals surface area contributed by atoms with E-state index in [1.54, 1.807) is 36.4 Å². The maximum Gasteiger partial charge on any atom is 0.337 e. The van der Waals surface area contributed by atoms with Crippen LogP contribution in [0.2, 0.25) is 0 Å². The van der Waals surface area contributed by atoms with Crippen LogP contribution in [-0.2, 0) is 15.4 Å². The zero-order chi connectivity index (χ0) is 22.5. The highest BCUT2D eigenvalue weighted by Gasteiger charge is 2.20. The predicted molar refractivity (Wildman–Crippen MR) is 122 cm³/mol. The lowest BCUT2D eigenvalue weighted by Crippen LogP contribution is -2.27. The number of nitrogens with one attached hydrogen (secondary N) is 1. The Morgan fingerprint density at radius 1 is 1.00 bits per heavy atom. The number of carboxylic acids is 1. The molecule has 0 aliphatic carbocycles. The first-order valence-electron chi connectivity index (χ1n) is 10.2. The summed E-state index contributed by atoms with van der Waals surface area (Å²) in [5.41, 5.74) is 1.86. The van der Waals surface area contributed by atoms with Gasteiger partial charge in [0.05, 0.1) is 16.1 Å². The van der Waals surface area contributed by atoms with Crippen LogP contribution < -0.4 is 9.62 Å². The molecule has 30 heavy (non-hydrogen) atoms. The quantitative estimate of drug-likeness (QED) is 0.575. The molecule has 0 bridgehead atoms. The van der Waals surface area contributed by atoms with Crippen molar-refractivity contribution in [2.75, 3.05) is 22.7 Å². The summed E-state index contributed by atoms with van der Waals surface area (Å²) < 4.78 is 28.1. The van der Waals surface area contributed by atoms with Gasteiger partial charge in [-0.15, -0.1) is 0 Å². The Morgan fingerprint density at radius 2 is 1.57 bits per heavy atom. The van der Waals surface area contributed by atoms with E-state index in [1.807, 2.05) is 18.7 Å². The van der Waals surface area contributed by atoms with Gasteiger partial charge in [0.15, 0.2) is 0 Å². The third kappa shape index (κ3) is 5.75. The van der Waals surface area contributed by atoms with Gasteiger partial charge in [0.25, 0.3) is 10.0 Å². The van der Waals surface area contributed by atoms with E-state index in [0.29, 0.717) is 5.69 Å². The maximum atomic E-state index is 12.8. The Labute approximate surface area is 180 Å². The molecule has 0 saturated carbocycles. The standard InChI is InChI=1S/C23H32N2O4S/c1-6-14-25(15-7-2)21-13-10-18(16-20(21)22(26)27)24-30(28,29)19-11-8-17(9-12-19)23(3,4)5/h8-13,16,24H,6-7,14-15H2,1-5H3,(H,26,27). The monoisotopic (exact) mass is 432 g/mol. The molecule has 2 N–H and O–H groups in total. The number of hydrogen-bond acceptors (Lipinski definition) is 4. The molecule has 0 aliphatic rings. The Kier molecular flexibility index (Phi) is 7.53. The number of benzene rings is 2. The molecule has 0 spiro atoms. The van der Waals surface area contributed by atoms with Gasteiger partial charge in [0, 0.05) is 18.8 Å². The molecule has 0 unspecified atom stereocenters. The first-order chi connectivity index (χ1) is 14.0. The highest BCUT2D eigenvalue weighted by molar-refractivity contribution is 7.92.